The highest BCUT2D eigenvalue weighted by molar-refractivity contribution is 5.90. The lowest BCUT2D eigenvalue weighted by Crippen LogP contribution is -2.30. The maximum Gasteiger partial charge on any atom is 0.339 e. The maximum atomic E-state index is 11.6. The number of esters is 1. The summed E-state index contributed by atoms with van der Waals surface area (Å²) in [5.41, 5.74) is 2.32. The van der Waals surface area contributed by atoms with Gasteiger partial charge in [-0.2, -0.15) is 0 Å². The minimum absolute atomic E-state index is 0.0499. The molecule has 5 heteroatoms. The lowest BCUT2D eigenvalue weighted by atomic mass is 10.1. The molecule has 0 fully saturated rings. The van der Waals surface area contributed by atoms with E-state index in [0.717, 1.165) is 18.8 Å². The first-order chi connectivity index (χ1) is 11.2. The summed E-state index contributed by atoms with van der Waals surface area (Å²) in [6.07, 6.45) is 0.861. The zero-order valence-corrected chi connectivity index (χ0v) is 13.5. The van der Waals surface area contributed by atoms with Crippen molar-refractivity contribution >= 4 is 11.8 Å². The van der Waals surface area contributed by atoms with Crippen LogP contribution in [0, 0.1) is 6.92 Å². The second-order valence-electron chi connectivity index (χ2n) is 5.24. The molecule has 122 valence electrons. The molecular weight excluding hydrogens is 292 g/mol. The molecule has 1 aromatic heterocycles. The molecule has 0 atom stereocenters. The Kier molecular flexibility index (Phi) is 6.11. The van der Waals surface area contributed by atoms with Crippen molar-refractivity contribution in [3.8, 4) is 0 Å². The lowest BCUT2D eigenvalue weighted by molar-refractivity contribution is 0.0599. The van der Waals surface area contributed by atoms with E-state index >= 15 is 0 Å². The van der Waals surface area contributed by atoms with Gasteiger partial charge in [-0.25, -0.2) is 9.78 Å². The Morgan fingerprint density at radius 1 is 1.17 bits per heavy atom. The Balaban J connectivity index is 2.13. The predicted molar refractivity (Wildman–Crippen MR) is 89.8 cm³/mol. The number of carbonyl (C=O) groups excluding carboxylic acids is 1. The molecule has 0 amide bonds. The standard InChI is InChI=1S/C18H22N2O3/c1-14-16(18(22)23-2)8-9-17(19-14)20(12-13-21)11-10-15-6-4-3-5-7-15/h3-9,21H,10-13H2,1-2H3. The number of aliphatic hydroxyl groups excluding tert-OH is 1. The number of hydrogen-bond acceptors (Lipinski definition) is 5. The first-order valence-corrected chi connectivity index (χ1v) is 7.61. The molecule has 0 unspecified atom stereocenters. The average molecular weight is 314 g/mol. The number of aryl methyl sites for hydroxylation is 1. The molecule has 0 spiro atoms. The zero-order chi connectivity index (χ0) is 16.7. The largest absolute Gasteiger partial charge is 0.465 e. The van der Waals surface area contributed by atoms with E-state index in [1.54, 1.807) is 19.1 Å². The molecule has 5 nitrogen and oxygen atoms in total. The van der Waals surface area contributed by atoms with Crippen LogP contribution in [-0.2, 0) is 11.2 Å². The molecular formula is C18H22N2O3. The molecule has 0 aliphatic rings. The van der Waals surface area contributed by atoms with E-state index < -0.39 is 0 Å². The number of benzene rings is 1. The monoisotopic (exact) mass is 314 g/mol. The topological polar surface area (TPSA) is 62.7 Å². The van der Waals surface area contributed by atoms with Crippen molar-refractivity contribution in [1.82, 2.24) is 4.98 Å². The minimum atomic E-state index is -0.389. The first kappa shape index (κ1) is 17.0. The van der Waals surface area contributed by atoms with E-state index in [4.69, 9.17) is 4.74 Å². The summed E-state index contributed by atoms with van der Waals surface area (Å²) in [6.45, 7) is 3.07. The molecule has 2 rings (SSSR count). The van der Waals surface area contributed by atoms with Crippen molar-refractivity contribution in [3.05, 3.63) is 59.3 Å². The van der Waals surface area contributed by atoms with Crippen LogP contribution in [-0.4, -0.2) is 42.9 Å². The summed E-state index contributed by atoms with van der Waals surface area (Å²) in [5.74, 6) is 0.361. The molecule has 0 saturated heterocycles. The fraction of sp³-hybridized carbons (Fsp3) is 0.333. The number of methoxy groups -OCH3 is 1. The van der Waals surface area contributed by atoms with Gasteiger partial charge in [0.25, 0.3) is 0 Å². The summed E-state index contributed by atoms with van der Waals surface area (Å²) in [5, 5.41) is 9.30. The van der Waals surface area contributed by atoms with Crippen LogP contribution in [0.4, 0.5) is 5.82 Å². The minimum Gasteiger partial charge on any atom is -0.465 e. The van der Waals surface area contributed by atoms with Crippen molar-refractivity contribution in [2.24, 2.45) is 0 Å². The quantitative estimate of drug-likeness (QED) is 0.794. The van der Waals surface area contributed by atoms with E-state index in [1.165, 1.54) is 12.7 Å². The predicted octanol–water partition coefficient (Wildman–Crippen LogP) is 2.22. The van der Waals surface area contributed by atoms with Gasteiger partial charge in [0.1, 0.15) is 5.82 Å². The molecule has 0 radical (unpaired) electrons. The summed E-state index contributed by atoms with van der Waals surface area (Å²) < 4.78 is 4.74. The Morgan fingerprint density at radius 3 is 2.52 bits per heavy atom. The molecule has 0 aliphatic carbocycles. The molecule has 1 N–H and O–H groups in total. The average Bonchev–Trinajstić information content (AvgIpc) is 2.58. The molecule has 0 aliphatic heterocycles. The molecule has 1 aromatic carbocycles. The highest BCUT2D eigenvalue weighted by atomic mass is 16.5. The van der Waals surface area contributed by atoms with Crippen molar-refractivity contribution in [1.29, 1.82) is 0 Å². The van der Waals surface area contributed by atoms with Crippen LogP contribution in [0.5, 0.6) is 0 Å². The van der Waals surface area contributed by atoms with E-state index in [1.807, 2.05) is 23.1 Å². The third-order valence-electron chi connectivity index (χ3n) is 3.68. The molecule has 23 heavy (non-hydrogen) atoms. The van der Waals surface area contributed by atoms with Crippen LogP contribution in [0.3, 0.4) is 0 Å². The number of anilines is 1. The third kappa shape index (κ3) is 4.53. The van der Waals surface area contributed by atoms with Crippen molar-refractivity contribution in [2.45, 2.75) is 13.3 Å². The van der Waals surface area contributed by atoms with E-state index in [0.29, 0.717) is 17.8 Å². The van der Waals surface area contributed by atoms with Gasteiger partial charge in [-0.05, 0) is 31.0 Å². The number of carbonyl (C=O) groups is 1. The number of nitrogens with zero attached hydrogens (tertiary/aromatic N) is 2. The van der Waals surface area contributed by atoms with E-state index in [-0.39, 0.29) is 12.6 Å². The van der Waals surface area contributed by atoms with Crippen LogP contribution in [0.25, 0.3) is 0 Å². The van der Waals surface area contributed by atoms with Gasteiger partial charge in [0.15, 0.2) is 0 Å². The van der Waals surface area contributed by atoms with Crippen molar-refractivity contribution in [3.63, 3.8) is 0 Å². The highest BCUT2D eigenvalue weighted by Gasteiger charge is 2.14. The van der Waals surface area contributed by atoms with Gasteiger partial charge >= 0.3 is 5.97 Å². The first-order valence-electron chi connectivity index (χ1n) is 7.61. The SMILES string of the molecule is COC(=O)c1ccc(N(CCO)CCc2ccccc2)nc1C. The number of hydrogen-bond donors (Lipinski definition) is 1. The molecule has 1 heterocycles. The van der Waals surface area contributed by atoms with E-state index in [9.17, 15) is 9.90 Å². The fourth-order valence-electron chi connectivity index (χ4n) is 2.42. The van der Waals surface area contributed by atoms with Crippen LogP contribution in [0.1, 0.15) is 21.6 Å². The maximum absolute atomic E-state index is 11.6. The fourth-order valence-corrected chi connectivity index (χ4v) is 2.42. The van der Waals surface area contributed by atoms with E-state index in [2.05, 4.69) is 17.1 Å². The normalized spacial score (nSPS) is 10.4. The van der Waals surface area contributed by atoms with Crippen LogP contribution < -0.4 is 4.90 Å². The van der Waals surface area contributed by atoms with Crippen LogP contribution in [0.15, 0.2) is 42.5 Å². The molecule has 2 aromatic rings. The Morgan fingerprint density at radius 2 is 1.91 bits per heavy atom. The number of ether oxygens (including phenoxy) is 1. The van der Waals surface area contributed by atoms with Gasteiger partial charge in [-0.1, -0.05) is 30.3 Å². The van der Waals surface area contributed by atoms with Crippen LogP contribution >= 0.6 is 0 Å². The van der Waals surface area contributed by atoms with Crippen molar-refractivity contribution < 1.29 is 14.6 Å². The molecule has 0 saturated carbocycles. The van der Waals surface area contributed by atoms with Crippen LogP contribution in [0.2, 0.25) is 0 Å². The zero-order valence-electron chi connectivity index (χ0n) is 13.5. The smallest absolute Gasteiger partial charge is 0.339 e. The Bertz CT molecular complexity index is 644. The van der Waals surface area contributed by atoms with Gasteiger partial charge in [0.2, 0.25) is 0 Å². The summed E-state index contributed by atoms with van der Waals surface area (Å²) in [7, 11) is 1.35. The lowest BCUT2D eigenvalue weighted by Gasteiger charge is -2.23. The summed E-state index contributed by atoms with van der Waals surface area (Å²) in [4.78, 5) is 18.1. The number of aliphatic hydroxyl groups is 1. The Hall–Kier alpha value is -2.40. The number of pyridine rings is 1. The Labute approximate surface area is 136 Å². The highest BCUT2D eigenvalue weighted by Crippen LogP contribution is 2.16. The summed E-state index contributed by atoms with van der Waals surface area (Å²) >= 11 is 0. The second-order valence-corrected chi connectivity index (χ2v) is 5.24. The molecule has 0 bridgehead atoms. The third-order valence-corrected chi connectivity index (χ3v) is 3.68. The van der Waals surface area contributed by atoms with Gasteiger partial charge in [0.05, 0.1) is 25.0 Å². The van der Waals surface area contributed by atoms with Gasteiger partial charge in [-0.15, -0.1) is 0 Å². The van der Waals surface area contributed by atoms with Crippen molar-refractivity contribution in [2.75, 3.05) is 31.7 Å². The summed E-state index contributed by atoms with van der Waals surface area (Å²) in [6, 6.07) is 13.7. The van der Waals surface area contributed by atoms with Gasteiger partial charge < -0.3 is 14.7 Å². The van der Waals surface area contributed by atoms with Gasteiger partial charge in [0, 0.05) is 13.1 Å². The number of aromatic nitrogens is 1. The number of rotatable bonds is 7. The van der Waals surface area contributed by atoms with Gasteiger partial charge in [-0.3, -0.25) is 0 Å². The second kappa shape index (κ2) is 8.29.